The van der Waals surface area contributed by atoms with Crippen molar-refractivity contribution in [1.82, 2.24) is 0 Å². The maximum Gasteiger partial charge on any atom is 2.00 e. The molecule has 2 atom stereocenters. The summed E-state index contributed by atoms with van der Waals surface area (Å²) in [6, 6.07) is 18.9. The molecule has 2 nitrogen and oxygen atoms in total. The Bertz CT molecular complexity index is 725. The summed E-state index contributed by atoms with van der Waals surface area (Å²) < 4.78 is 0. The third kappa shape index (κ3) is 6.80. The van der Waals surface area contributed by atoms with Crippen molar-refractivity contribution in [3.05, 3.63) is 147 Å². The Morgan fingerprint density at radius 2 is 0.968 bits per heavy atom. The molecular formula is C28H28FeO2+2. The second kappa shape index (κ2) is 12.0. The maximum atomic E-state index is 11.4. The van der Waals surface area contributed by atoms with Crippen molar-refractivity contribution in [2.45, 2.75) is 25.0 Å². The van der Waals surface area contributed by atoms with Gasteiger partial charge in [-0.2, -0.15) is 0 Å². The third-order valence-corrected chi connectivity index (χ3v) is 5.28. The molecule has 2 fully saturated rings. The van der Waals surface area contributed by atoms with Gasteiger partial charge < -0.3 is 10.2 Å². The van der Waals surface area contributed by atoms with Crippen LogP contribution in [0, 0.1) is 63.7 Å². The van der Waals surface area contributed by atoms with Crippen LogP contribution >= 0.6 is 0 Å². The van der Waals surface area contributed by atoms with Gasteiger partial charge in [0, 0.05) is 5.92 Å². The smallest absolute Gasteiger partial charge is 0.381 e. The predicted octanol–water partition coefficient (Wildman–Crippen LogP) is 5.15. The van der Waals surface area contributed by atoms with Crippen molar-refractivity contribution in [2.24, 2.45) is 0 Å². The summed E-state index contributed by atoms with van der Waals surface area (Å²) in [5.74, 6) is 0.947. The van der Waals surface area contributed by atoms with E-state index >= 15 is 0 Å². The predicted molar refractivity (Wildman–Crippen MR) is 122 cm³/mol. The normalized spacial score (nSPS) is 19.9. The van der Waals surface area contributed by atoms with Crippen LogP contribution in [0.15, 0.2) is 72.3 Å². The molecule has 158 valence electrons. The van der Waals surface area contributed by atoms with E-state index in [-0.39, 0.29) is 17.1 Å². The molecule has 0 saturated heterocycles. The summed E-state index contributed by atoms with van der Waals surface area (Å²) >= 11 is 0. The molecular weight excluding hydrogens is 424 g/mol. The maximum absolute atomic E-state index is 11.4. The minimum absolute atomic E-state index is 0. The second-order valence-electron chi connectivity index (χ2n) is 7.61. The van der Waals surface area contributed by atoms with Crippen LogP contribution < -0.4 is 0 Å². The second-order valence-corrected chi connectivity index (χ2v) is 7.61. The standard InChI is InChI=1S/C23H23O2.C5H5.Fe/c1-22(24,19-13-5-3-6-14-19)21(17-18-11-9-10-12-18)23(2,25)20-15-7-4-8-16-20;1-2-4-5-3-1;/h3-17,24-25H,1-2H3;1-5H;/q;;+2. The molecule has 0 heterocycles. The molecule has 4 rings (SSSR count). The summed E-state index contributed by atoms with van der Waals surface area (Å²) in [6.07, 6.45) is 19.7. The number of hydrogen-bond acceptors (Lipinski definition) is 2. The van der Waals surface area contributed by atoms with Crippen LogP contribution in [0.3, 0.4) is 0 Å². The van der Waals surface area contributed by atoms with Crippen LogP contribution in [0.4, 0.5) is 0 Å². The van der Waals surface area contributed by atoms with Crippen LogP contribution in [0.5, 0.6) is 0 Å². The topological polar surface area (TPSA) is 40.5 Å². The van der Waals surface area contributed by atoms with Gasteiger partial charge in [-0.1, -0.05) is 66.7 Å². The van der Waals surface area contributed by atoms with Gasteiger partial charge in [0.2, 0.25) is 0 Å². The number of hydrogen-bond donors (Lipinski definition) is 2. The van der Waals surface area contributed by atoms with Crippen molar-refractivity contribution in [3.8, 4) is 0 Å². The molecule has 2 saturated carbocycles. The van der Waals surface area contributed by atoms with E-state index in [1.54, 1.807) is 13.8 Å². The fraction of sp³-hybridized carbons (Fsp3) is 0.143. The van der Waals surface area contributed by atoms with Crippen molar-refractivity contribution in [3.63, 3.8) is 0 Å². The van der Waals surface area contributed by atoms with E-state index < -0.39 is 11.2 Å². The summed E-state index contributed by atoms with van der Waals surface area (Å²) in [4.78, 5) is 0. The van der Waals surface area contributed by atoms with Gasteiger partial charge in [0.25, 0.3) is 0 Å². The zero-order valence-electron chi connectivity index (χ0n) is 17.8. The average molecular weight is 452 g/mol. The van der Waals surface area contributed by atoms with Gasteiger partial charge >= 0.3 is 17.1 Å². The van der Waals surface area contributed by atoms with Gasteiger partial charge in [0.1, 0.15) is 11.2 Å². The molecule has 0 spiro atoms. The van der Waals surface area contributed by atoms with Gasteiger partial charge in [0.15, 0.2) is 0 Å². The zero-order valence-corrected chi connectivity index (χ0v) is 18.9. The third-order valence-electron chi connectivity index (χ3n) is 5.28. The summed E-state index contributed by atoms with van der Waals surface area (Å²) in [6.45, 7) is 3.46. The molecule has 0 aliphatic heterocycles. The Labute approximate surface area is 199 Å². The number of allylic oxidation sites excluding steroid dienone is 1. The first-order chi connectivity index (χ1) is 14.4. The molecule has 31 heavy (non-hydrogen) atoms. The summed E-state index contributed by atoms with van der Waals surface area (Å²) in [5, 5.41) is 22.8. The van der Waals surface area contributed by atoms with E-state index in [4.69, 9.17) is 0 Å². The fourth-order valence-corrected chi connectivity index (χ4v) is 3.56. The zero-order chi connectivity index (χ0) is 21.5. The molecule has 0 aromatic heterocycles. The Kier molecular flexibility index (Phi) is 10.0. The van der Waals surface area contributed by atoms with E-state index in [0.717, 1.165) is 17.0 Å². The van der Waals surface area contributed by atoms with Gasteiger partial charge in [0.05, 0.1) is 0 Å². The first kappa shape index (κ1) is 25.9. The van der Waals surface area contributed by atoms with Crippen molar-refractivity contribution < 1.29 is 27.3 Å². The van der Waals surface area contributed by atoms with Gasteiger partial charge in [-0.15, -0.1) is 0 Å². The molecule has 0 amide bonds. The number of aliphatic hydroxyl groups is 2. The Hall–Kier alpha value is -1.38. The largest absolute Gasteiger partial charge is 2.00 e. The Morgan fingerprint density at radius 3 is 1.32 bits per heavy atom. The minimum atomic E-state index is -1.32. The number of benzene rings is 2. The van der Waals surface area contributed by atoms with Gasteiger partial charge in [-0.3, -0.25) is 0 Å². The van der Waals surface area contributed by atoms with Crippen LogP contribution in [-0.2, 0) is 28.3 Å². The molecule has 3 heteroatoms. The molecule has 2 aromatic rings. The van der Waals surface area contributed by atoms with Crippen LogP contribution in [-0.4, -0.2) is 10.2 Å². The molecule has 2 unspecified atom stereocenters. The van der Waals surface area contributed by atoms with E-state index in [1.165, 1.54) is 0 Å². The molecule has 2 N–H and O–H groups in total. The van der Waals surface area contributed by atoms with Crippen LogP contribution in [0.25, 0.3) is 0 Å². The molecule has 2 aliphatic rings. The molecule has 2 aromatic carbocycles. The SMILES string of the molecule is CC(O)(C(=C[C]1[CH][CH][CH][CH]1)C(C)(O)c1ccccc1)c1ccccc1.[CH]1[CH][CH][CH][CH]1.[Fe+2]. The fourth-order valence-electron chi connectivity index (χ4n) is 3.56. The quantitative estimate of drug-likeness (QED) is 0.616. The van der Waals surface area contributed by atoms with Crippen molar-refractivity contribution in [2.75, 3.05) is 0 Å². The Balaban J connectivity index is 0.000000501. The van der Waals surface area contributed by atoms with Crippen LogP contribution in [0.1, 0.15) is 25.0 Å². The van der Waals surface area contributed by atoms with E-state index in [0.29, 0.717) is 5.57 Å². The average Bonchev–Trinajstić information content (AvgIpc) is 3.50. The molecule has 2 aliphatic carbocycles. The summed E-state index contributed by atoms with van der Waals surface area (Å²) in [5.41, 5.74) is -0.632. The van der Waals surface area contributed by atoms with Crippen molar-refractivity contribution >= 4 is 0 Å². The molecule has 0 bridgehead atoms. The van der Waals surface area contributed by atoms with Gasteiger partial charge in [-0.05, 0) is 88.3 Å². The first-order valence-electron chi connectivity index (χ1n) is 10.1. The van der Waals surface area contributed by atoms with Crippen molar-refractivity contribution in [1.29, 1.82) is 0 Å². The number of rotatable bonds is 5. The van der Waals surface area contributed by atoms with E-state index in [9.17, 15) is 10.2 Å². The van der Waals surface area contributed by atoms with Crippen LogP contribution in [0.2, 0.25) is 0 Å². The van der Waals surface area contributed by atoms with Gasteiger partial charge in [-0.25, -0.2) is 0 Å². The Morgan fingerprint density at radius 1 is 0.613 bits per heavy atom. The monoisotopic (exact) mass is 452 g/mol. The molecule has 10 radical (unpaired) electrons. The van der Waals surface area contributed by atoms with E-state index in [1.807, 2.05) is 125 Å². The van der Waals surface area contributed by atoms with E-state index in [2.05, 4.69) is 0 Å². The summed E-state index contributed by atoms with van der Waals surface area (Å²) in [7, 11) is 0. The minimum Gasteiger partial charge on any atom is -0.381 e. The first-order valence-corrected chi connectivity index (χ1v) is 10.1.